The van der Waals surface area contributed by atoms with Crippen molar-refractivity contribution in [1.29, 1.82) is 0 Å². The van der Waals surface area contributed by atoms with Crippen LogP contribution in [0, 0.1) is 18.6 Å². The number of amidine groups is 1. The Kier molecular flexibility index (Phi) is 8.05. The first kappa shape index (κ1) is 26.1. The standard InChI is InChI=1S/C28H27F2N3O4/c1-17-6-4-5-7-21(17)22-9-8-19(12-20(22)15-36-3)28-32-27(31-16-37-28)23-10-18(11-24(29)26(23)30)13-33(2)14-25(34)35/h4-12H,13-16H2,1-3H3,(H,34,35). The van der Waals surface area contributed by atoms with Gasteiger partial charge in [-0.2, -0.15) is 4.99 Å². The molecule has 0 aromatic heterocycles. The van der Waals surface area contributed by atoms with Gasteiger partial charge < -0.3 is 14.6 Å². The fraction of sp³-hybridized carbons (Fsp3) is 0.250. The van der Waals surface area contributed by atoms with Crippen LogP contribution in [0.15, 0.2) is 64.6 Å². The molecule has 1 aliphatic rings. The van der Waals surface area contributed by atoms with Gasteiger partial charge in [-0.1, -0.05) is 30.3 Å². The predicted octanol–water partition coefficient (Wildman–Crippen LogP) is 4.78. The van der Waals surface area contributed by atoms with Crippen molar-refractivity contribution in [2.75, 3.05) is 27.4 Å². The van der Waals surface area contributed by atoms with E-state index in [9.17, 15) is 13.6 Å². The Morgan fingerprint density at radius 2 is 1.89 bits per heavy atom. The Morgan fingerprint density at radius 1 is 1.11 bits per heavy atom. The number of aliphatic carboxylic acids is 1. The number of ether oxygens (including phenoxy) is 2. The number of methoxy groups -OCH3 is 1. The molecule has 0 bridgehead atoms. The Morgan fingerprint density at radius 3 is 2.62 bits per heavy atom. The fourth-order valence-electron chi connectivity index (χ4n) is 4.25. The number of benzene rings is 3. The zero-order valence-electron chi connectivity index (χ0n) is 20.8. The number of carbonyl (C=O) groups is 1. The summed E-state index contributed by atoms with van der Waals surface area (Å²) in [4.78, 5) is 21.0. The maximum atomic E-state index is 14.8. The third kappa shape index (κ3) is 6.07. The Balaban J connectivity index is 1.68. The molecule has 4 rings (SSSR count). The van der Waals surface area contributed by atoms with E-state index in [1.165, 1.54) is 11.0 Å². The highest BCUT2D eigenvalue weighted by molar-refractivity contribution is 6.10. The van der Waals surface area contributed by atoms with Gasteiger partial charge >= 0.3 is 5.97 Å². The number of rotatable bonds is 9. The smallest absolute Gasteiger partial charge is 0.317 e. The topological polar surface area (TPSA) is 83.7 Å². The lowest BCUT2D eigenvalue weighted by Gasteiger charge is -2.18. The molecule has 0 unspecified atom stereocenters. The van der Waals surface area contributed by atoms with Crippen LogP contribution in [0.3, 0.4) is 0 Å². The number of likely N-dealkylation sites (N-methyl/N-ethyl adjacent to an activating group) is 1. The van der Waals surface area contributed by atoms with Crippen molar-refractivity contribution in [1.82, 2.24) is 4.90 Å². The predicted molar refractivity (Wildman–Crippen MR) is 137 cm³/mol. The van der Waals surface area contributed by atoms with Crippen molar-refractivity contribution in [3.63, 3.8) is 0 Å². The van der Waals surface area contributed by atoms with Crippen molar-refractivity contribution >= 4 is 17.7 Å². The highest BCUT2D eigenvalue weighted by Crippen LogP contribution is 2.29. The number of halogens is 2. The van der Waals surface area contributed by atoms with E-state index < -0.39 is 17.6 Å². The van der Waals surface area contributed by atoms with Gasteiger partial charge in [-0.15, -0.1) is 0 Å². The van der Waals surface area contributed by atoms with Crippen LogP contribution in [0.2, 0.25) is 0 Å². The molecule has 0 atom stereocenters. The van der Waals surface area contributed by atoms with Crippen molar-refractivity contribution in [3.05, 3.63) is 94.0 Å². The molecule has 0 saturated carbocycles. The molecule has 192 valence electrons. The number of aryl methyl sites for hydroxylation is 1. The Bertz CT molecular complexity index is 1390. The number of hydrogen-bond donors (Lipinski definition) is 1. The first-order valence-corrected chi connectivity index (χ1v) is 11.6. The van der Waals surface area contributed by atoms with Crippen molar-refractivity contribution < 1.29 is 28.2 Å². The summed E-state index contributed by atoms with van der Waals surface area (Å²) in [5, 5.41) is 8.97. The number of carboxylic acid groups (broad SMARTS) is 1. The van der Waals surface area contributed by atoms with Gasteiger partial charge in [-0.3, -0.25) is 9.69 Å². The molecule has 9 heteroatoms. The second kappa shape index (κ2) is 11.4. The fourth-order valence-corrected chi connectivity index (χ4v) is 4.25. The lowest BCUT2D eigenvalue weighted by atomic mass is 9.94. The summed E-state index contributed by atoms with van der Waals surface area (Å²) >= 11 is 0. The molecule has 0 spiro atoms. The second-order valence-corrected chi connectivity index (χ2v) is 8.80. The second-order valence-electron chi connectivity index (χ2n) is 8.80. The van der Waals surface area contributed by atoms with E-state index in [4.69, 9.17) is 14.6 Å². The minimum Gasteiger partial charge on any atom is -0.480 e. The molecular weight excluding hydrogens is 480 g/mol. The van der Waals surface area contributed by atoms with Crippen molar-refractivity contribution in [2.45, 2.75) is 20.1 Å². The van der Waals surface area contributed by atoms with Crippen LogP contribution in [-0.2, 0) is 27.4 Å². The van der Waals surface area contributed by atoms with Crippen LogP contribution >= 0.6 is 0 Å². The van der Waals surface area contributed by atoms with Crippen LogP contribution in [0.4, 0.5) is 8.78 Å². The molecular formula is C28H27F2N3O4. The highest BCUT2D eigenvalue weighted by Gasteiger charge is 2.21. The molecule has 0 fully saturated rings. The van der Waals surface area contributed by atoms with Gasteiger partial charge in [-0.05, 0) is 66.1 Å². The molecule has 3 aromatic rings. The third-order valence-corrected chi connectivity index (χ3v) is 5.90. The van der Waals surface area contributed by atoms with Gasteiger partial charge in [0.1, 0.15) is 0 Å². The van der Waals surface area contributed by atoms with E-state index in [0.717, 1.165) is 28.3 Å². The average Bonchev–Trinajstić information content (AvgIpc) is 2.86. The summed E-state index contributed by atoms with van der Waals surface area (Å²) < 4.78 is 40.3. The SMILES string of the molecule is COCc1cc(C2=NC(c3cc(CN(C)CC(=O)O)cc(F)c3F)=NCO2)ccc1-c1ccccc1C. The minimum atomic E-state index is -1.08. The first-order valence-electron chi connectivity index (χ1n) is 11.6. The van der Waals surface area contributed by atoms with Gasteiger partial charge in [-0.25, -0.2) is 13.8 Å². The normalized spacial score (nSPS) is 13.2. The van der Waals surface area contributed by atoms with Gasteiger partial charge in [0, 0.05) is 19.2 Å². The lowest BCUT2D eigenvalue weighted by molar-refractivity contribution is -0.138. The molecule has 1 N–H and O–H groups in total. The largest absolute Gasteiger partial charge is 0.480 e. The molecule has 0 amide bonds. The first-order chi connectivity index (χ1) is 17.8. The average molecular weight is 508 g/mol. The lowest BCUT2D eigenvalue weighted by Crippen LogP contribution is -2.25. The molecule has 0 aliphatic carbocycles. The van der Waals surface area contributed by atoms with Crippen LogP contribution < -0.4 is 0 Å². The molecule has 37 heavy (non-hydrogen) atoms. The van der Waals surface area contributed by atoms with E-state index >= 15 is 0 Å². The number of carboxylic acids is 1. The monoisotopic (exact) mass is 507 g/mol. The van der Waals surface area contributed by atoms with E-state index in [2.05, 4.69) is 9.98 Å². The number of aliphatic imine (C=N–C) groups is 2. The van der Waals surface area contributed by atoms with Gasteiger partial charge in [0.25, 0.3) is 0 Å². The third-order valence-electron chi connectivity index (χ3n) is 5.90. The number of nitrogens with zero attached hydrogens (tertiary/aromatic N) is 3. The van der Waals surface area contributed by atoms with E-state index in [-0.39, 0.29) is 37.1 Å². The summed E-state index contributed by atoms with van der Waals surface area (Å²) in [6.45, 7) is 2.15. The van der Waals surface area contributed by atoms with Crippen molar-refractivity contribution in [3.8, 4) is 11.1 Å². The van der Waals surface area contributed by atoms with Gasteiger partial charge in [0.2, 0.25) is 5.90 Å². The summed E-state index contributed by atoms with van der Waals surface area (Å²) in [5.41, 5.74) is 5.07. The summed E-state index contributed by atoms with van der Waals surface area (Å²) in [7, 11) is 3.20. The minimum absolute atomic E-state index is 0.00309. The van der Waals surface area contributed by atoms with Crippen LogP contribution in [0.25, 0.3) is 11.1 Å². The molecule has 0 radical (unpaired) electrons. The number of hydrogen-bond acceptors (Lipinski definition) is 6. The summed E-state index contributed by atoms with van der Waals surface area (Å²) in [5.74, 6) is -2.94. The molecule has 3 aromatic carbocycles. The quantitative estimate of drug-likeness (QED) is 0.451. The summed E-state index contributed by atoms with van der Waals surface area (Å²) in [6, 6.07) is 16.2. The van der Waals surface area contributed by atoms with E-state index in [0.29, 0.717) is 17.7 Å². The van der Waals surface area contributed by atoms with E-state index in [1.807, 2.05) is 49.4 Å². The van der Waals surface area contributed by atoms with Crippen LogP contribution in [0.5, 0.6) is 0 Å². The maximum Gasteiger partial charge on any atom is 0.317 e. The molecule has 1 heterocycles. The molecule has 7 nitrogen and oxygen atoms in total. The van der Waals surface area contributed by atoms with Crippen molar-refractivity contribution in [2.24, 2.45) is 9.98 Å². The summed E-state index contributed by atoms with van der Waals surface area (Å²) in [6.07, 6.45) is 0. The van der Waals surface area contributed by atoms with Crippen LogP contribution in [-0.4, -0.2) is 55.1 Å². The van der Waals surface area contributed by atoms with Gasteiger partial charge in [0.05, 0.1) is 18.7 Å². The zero-order valence-corrected chi connectivity index (χ0v) is 20.8. The van der Waals surface area contributed by atoms with Crippen LogP contribution in [0.1, 0.15) is 27.8 Å². The zero-order chi connectivity index (χ0) is 26.5. The highest BCUT2D eigenvalue weighted by atomic mass is 19.2. The van der Waals surface area contributed by atoms with Gasteiger partial charge in [0.15, 0.2) is 24.2 Å². The molecule has 0 saturated heterocycles. The Hall–Kier alpha value is -3.95. The Labute approximate surface area is 213 Å². The molecule has 1 aliphatic heterocycles. The van der Waals surface area contributed by atoms with E-state index in [1.54, 1.807) is 14.2 Å². The maximum absolute atomic E-state index is 14.8.